The maximum Gasteiger partial charge on any atom is 0.243 e. The van der Waals surface area contributed by atoms with Crippen molar-refractivity contribution < 1.29 is 17.9 Å². The summed E-state index contributed by atoms with van der Waals surface area (Å²) >= 11 is 5.91. The van der Waals surface area contributed by atoms with Gasteiger partial charge in [0.15, 0.2) is 0 Å². The predicted molar refractivity (Wildman–Crippen MR) is 108 cm³/mol. The molecule has 1 fully saturated rings. The fourth-order valence-electron chi connectivity index (χ4n) is 3.01. The maximum absolute atomic E-state index is 12.7. The van der Waals surface area contributed by atoms with Gasteiger partial charge in [0.2, 0.25) is 15.9 Å². The molecule has 150 valence electrons. The highest BCUT2D eigenvalue weighted by atomic mass is 35.5. The number of ether oxygens (including phenoxy) is 1. The summed E-state index contributed by atoms with van der Waals surface area (Å²) in [5.41, 5.74) is 0.659. The van der Waals surface area contributed by atoms with E-state index < -0.39 is 10.0 Å². The van der Waals surface area contributed by atoms with E-state index in [1.165, 1.54) is 16.4 Å². The first-order valence-corrected chi connectivity index (χ1v) is 10.6. The lowest BCUT2D eigenvalue weighted by Crippen LogP contribution is -2.50. The number of sulfonamides is 1. The standard InChI is InChI=1S/C19H22ClN3O4S/c1-27-17-6-3-5-16(13-17)21-19(24)14-22-8-10-23(11-9-22)28(25,26)18-7-2-4-15(20)12-18/h2-7,12-13H,8-11,14H2,1H3,(H,21,24). The maximum atomic E-state index is 12.7. The Morgan fingerprint density at radius 1 is 1.11 bits per heavy atom. The van der Waals surface area contributed by atoms with E-state index in [1.54, 1.807) is 43.5 Å². The molecule has 28 heavy (non-hydrogen) atoms. The topological polar surface area (TPSA) is 79.0 Å². The molecule has 2 aromatic rings. The first-order chi connectivity index (χ1) is 13.4. The molecule has 1 aliphatic rings. The Hall–Kier alpha value is -2.13. The average molecular weight is 424 g/mol. The number of carbonyl (C=O) groups is 1. The molecular weight excluding hydrogens is 402 g/mol. The van der Waals surface area contributed by atoms with Crippen LogP contribution in [0.5, 0.6) is 5.75 Å². The zero-order valence-electron chi connectivity index (χ0n) is 15.5. The van der Waals surface area contributed by atoms with E-state index in [1.807, 2.05) is 4.90 Å². The molecule has 0 saturated carbocycles. The molecule has 1 amide bonds. The van der Waals surface area contributed by atoms with Crippen molar-refractivity contribution in [2.75, 3.05) is 45.2 Å². The van der Waals surface area contributed by atoms with Crippen molar-refractivity contribution in [3.63, 3.8) is 0 Å². The lowest BCUT2D eigenvalue weighted by atomic mass is 10.3. The van der Waals surface area contributed by atoms with Crippen molar-refractivity contribution in [1.82, 2.24) is 9.21 Å². The van der Waals surface area contributed by atoms with E-state index in [-0.39, 0.29) is 17.3 Å². The fourth-order valence-corrected chi connectivity index (χ4v) is 4.73. The van der Waals surface area contributed by atoms with E-state index >= 15 is 0 Å². The first kappa shape index (κ1) is 20.6. The van der Waals surface area contributed by atoms with E-state index in [0.29, 0.717) is 42.6 Å². The van der Waals surface area contributed by atoms with Crippen molar-refractivity contribution in [3.8, 4) is 5.75 Å². The molecule has 0 unspecified atom stereocenters. The molecule has 1 N–H and O–H groups in total. The van der Waals surface area contributed by atoms with E-state index in [0.717, 1.165) is 0 Å². The van der Waals surface area contributed by atoms with Crippen molar-refractivity contribution in [3.05, 3.63) is 53.6 Å². The fraction of sp³-hybridized carbons (Fsp3) is 0.316. The highest BCUT2D eigenvalue weighted by molar-refractivity contribution is 7.89. The minimum atomic E-state index is -3.58. The summed E-state index contributed by atoms with van der Waals surface area (Å²) in [6.07, 6.45) is 0. The van der Waals surface area contributed by atoms with Crippen molar-refractivity contribution in [2.24, 2.45) is 0 Å². The third-order valence-corrected chi connectivity index (χ3v) is 6.62. The number of amides is 1. The average Bonchev–Trinajstić information content (AvgIpc) is 2.68. The summed E-state index contributed by atoms with van der Waals surface area (Å²) < 4.78 is 32.0. The SMILES string of the molecule is COc1cccc(NC(=O)CN2CCN(S(=O)(=O)c3cccc(Cl)c3)CC2)c1. The minimum Gasteiger partial charge on any atom is -0.497 e. The number of nitrogens with one attached hydrogen (secondary N) is 1. The van der Waals surface area contributed by atoms with Crippen LogP contribution in [-0.2, 0) is 14.8 Å². The van der Waals surface area contributed by atoms with Crippen LogP contribution in [0.3, 0.4) is 0 Å². The Kier molecular flexibility index (Phi) is 6.56. The third-order valence-electron chi connectivity index (χ3n) is 4.49. The van der Waals surface area contributed by atoms with Gasteiger partial charge in [0.25, 0.3) is 0 Å². The van der Waals surface area contributed by atoms with Gasteiger partial charge in [-0.2, -0.15) is 4.31 Å². The number of rotatable bonds is 6. The number of hydrogen-bond donors (Lipinski definition) is 1. The van der Waals surface area contributed by atoms with E-state index in [4.69, 9.17) is 16.3 Å². The molecule has 1 heterocycles. The number of halogens is 1. The predicted octanol–water partition coefficient (Wildman–Crippen LogP) is 2.29. The Morgan fingerprint density at radius 3 is 2.50 bits per heavy atom. The zero-order chi connectivity index (χ0) is 20.1. The van der Waals surface area contributed by atoms with Crippen LogP contribution in [0.4, 0.5) is 5.69 Å². The van der Waals surface area contributed by atoms with Gasteiger partial charge in [-0.05, 0) is 30.3 Å². The van der Waals surface area contributed by atoms with Gasteiger partial charge in [-0.1, -0.05) is 23.7 Å². The van der Waals surface area contributed by atoms with Crippen LogP contribution in [0.15, 0.2) is 53.4 Å². The van der Waals surface area contributed by atoms with Crippen LogP contribution in [0, 0.1) is 0 Å². The van der Waals surface area contributed by atoms with Gasteiger partial charge in [-0.15, -0.1) is 0 Å². The molecule has 0 aromatic heterocycles. The van der Waals surface area contributed by atoms with Crippen molar-refractivity contribution >= 4 is 33.2 Å². The monoisotopic (exact) mass is 423 g/mol. The number of methoxy groups -OCH3 is 1. The van der Waals surface area contributed by atoms with Gasteiger partial charge >= 0.3 is 0 Å². The number of carbonyl (C=O) groups excluding carboxylic acids is 1. The Labute approximate surface area is 169 Å². The summed E-state index contributed by atoms with van der Waals surface area (Å²) in [4.78, 5) is 14.4. The lowest BCUT2D eigenvalue weighted by molar-refractivity contribution is -0.117. The molecule has 1 saturated heterocycles. The molecule has 0 aliphatic carbocycles. The number of hydrogen-bond acceptors (Lipinski definition) is 5. The van der Waals surface area contributed by atoms with Crippen LogP contribution >= 0.6 is 11.6 Å². The quantitative estimate of drug-likeness (QED) is 0.771. The molecule has 0 bridgehead atoms. The normalized spacial score (nSPS) is 15.9. The van der Waals surface area contributed by atoms with Crippen LogP contribution in [0.1, 0.15) is 0 Å². The highest BCUT2D eigenvalue weighted by Gasteiger charge is 2.29. The first-order valence-electron chi connectivity index (χ1n) is 8.80. The summed E-state index contributed by atoms with van der Waals surface area (Å²) in [7, 11) is -2.02. The summed E-state index contributed by atoms with van der Waals surface area (Å²) in [6, 6.07) is 13.4. The van der Waals surface area contributed by atoms with Gasteiger partial charge in [0.05, 0.1) is 18.6 Å². The van der Waals surface area contributed by atoms with Gasteiger partial charge in [-0.25, -0.2) is 8.42 Å². The number of benzene rings is 2. The Morgan fingerprint density at radius 2 is 1.82 bits per heavy atom. The lowest BCUT2D eigenvalue weighted by Gasteiger charge is -2.33. The van der Waals surface area contributed by atoms with Gasteiger partial charge in [-0.3, -0.25) is 9.69 Å². The van der Waals surface area contributed by atoms with Gasteiger partial charge in [0, 0.05) is 43.0 Å². The highest BCUT2D eigenvalue weighted by Crippen LogP contribution is 2.21. The molecule has 2 aromatic carbocycles. The van der Waals surface area contributed by atoms with Crippen LogP contribution in [0.2, 0.25) is 5.02 Å². The van der Waals surface area contributed by atoms with Crippen LogP contribution in [0.25, 0.3) is 0 Å². The summed E-state index contributed by atoms with van der Waals surface area (Å²) in [5.74, 6) is 0.511. The second kappa shape index (κ2) is 8.91. The molecule has 7 nitrogen and oxygen atoms in total. The van der Waals surface area contributed by atoms with Gasteiger partial charge in [0.1, 0.15) is 5.75 Å². The van der Waals surface area contributed by atoms with Crippen LogP contribution in [-0.4, -0.2) is 63.4 Å². The third kappa shape index (κ3) is 5.02. The second-order valence-corrected chi connectivity index (χ2v) is 8.79. The molecule has 0 radical (unpaired) electrons. The minimum absolute atomic E-state index is 0.153. The number of piperazine rings is 1. The van der Waals surface area contributed by atoms with Crippen LogP contribution < -0.4 is 10.1 Å². The number of nitrogens with zero attached hydrogens (tertiary/aromatic N) is 2. The molecule has 1 aliphatic heterocycles. The van der Waals surface area contributed by atoms with E-state index in [9.17, 15) is 13.2 Å². The van der Waals surface area contributed by atoms with Crippen molar-refractivity contribution in [1.29, 1.82) is 0 Å². The largest absolute Gasteiger partial charge is 0.497 e. The summed E-state index contributed by atoms with van der Waals surface area (Å²) in [6.45, 7) is 1.79. The smallest absolute Gasteiger partial charge is 0.243 e. The molecule has 9 heteroatoms. The Balaban J connectivity index is 1.54. The van der Waals surface area contributed by atoms with Gasteiger partial charge < -0.3 is 10.1 Å². The zero-order valence-corrected chi connectivity index (χ0v) is 17.0. The second-order valence-electron chi connectivity index (χ2n) is 6.42. The Bertz CT molecular complexity index is 944. The summed E-state index contributed by atoms with van der Waals surface area (Å²) in [5, 5.41) is 3.21. The van der Waals surface area contributed by atoms with E-state index in [2.05, 4.69) is 5.32 Å². The molecular formula is C19H22ClN3O4S. The molecule has 3 rings (SSSR count). The van der Waals surface area contributed by atoms with Crippen molar-refractivity contribution in [2.45, 2.75) is 4.90 Å². The number of anilines is 1. The molecule has 0 atom stereocenters. The molecule has 0 spiro atoms.